The number of nitrogens with zero attached hydrogens (tertiary/aromatic N) is 5. The third-order valence-electron chi connectivity index (χ3n) is 4.42. The molecule has 8 heteroatoms. The average molecular weight is 438 g/mol. The van der Waals surface area contributed by atoms with Crippen LogP contribution in [0, 0.1) is 0 Å². The first-order chi connectivity index (χ1) is 14.6. The molecule has 1 unspecified atom stereocenters. The van der Waals surface area contributed by atoms with Crippen LogP contribution in [-0.2, 0) is 11.3 Å². The third-order valence-corrected chi connectivity index (χ3v) is 5.87. The van der Waals surface area contributed by atoms with E-state index in [1.807, 2.05) is 55.6 Å². The summed E-state index contributed by atoms with van der Waals surface area (Å²) in [5, 5.41) is 9.58. The van der Waals surface area contributed by atoms with E-state index in [0.717, 1.165) is 17.0 Å². The van der Waals surface area contributed by atoms with Crippen molar-refractivity contribution in [1.82, 2.24) is 15.0 Å². The van der Waals surface area contributed by atoms with Gasteiger partial charge < -0.3 is 0 Å². The van der Waals surface area contributed by atoms with E-state index < -0.39 is 0 Å². The molecule has 1 aromatic heterocycles. The number of thioether (sulfide) groups is 1. The first-order valence-corrected chi connectivity index (χ1v) is 10.9. The summed E-state index contributed by atoms with van der Waals surface area (Å²) in [6.45, 7) is 2.66. The molecule has 3 aromatic rings. The molecule has 2 heterocycles. The minimum absolute atomic E-state index is 0.175. The molecule has 0 saturated heterocycles. The summed E-state index contributed by atoms with van der Waals surface area (Å²) in [4.78, 5) is 19.3. The van der Waals surface area contributed by atoms with Gasteiger partial charge in [0.05, 0.1) is 24.5 Å². The minimum atomic E-state index is -0.199. The predicted octanol–water partition coefficient (Wildman–Crippen LogP) is 4.52. The molecule has 0 radical (unpaired) electrons. The number of benzene rings is 2. The number of hydrogen-bond acceptors (Lipinski definition) is 5. The van der Waals surface area contributed by atoms with E-state index >= 15 is 0 Å². The highest BCUT2D eigenvalue weighted by Crippen LogP contribution is 2.27. The number of carbonyl (C=O) groups is 1. The van der Waals surface area contributed by atoms with Crippen molar-refractivity contribution >= 4 is 46.2 Å². The van der Waals surface area contributed by atoms with Crippen LogP contribution in [0.1, 0.15) is 18.2 Å². The van der Waals surface area contributed by atoms with Crippen molar-refractivity contribution in [2.45, 2.75) is 19.5 Å². The van der Waals surface area contributed by atoms with E-state index in [1.165, 1.54) is 6.08 Å². The Morgan fingerprint density at radius 1 is 1.23 bits per heavy atom. The highest BCUT2D eigenvalue weighted by molar-refractivity contribution is 8.14. The summed E-state index contributed by atoms with van der Waals surface area (Å²) in [5.41, 5.74) is 2.47. The number of carbonyl (C=O) groups excluding carboxylic acids is 1. The Morgan fingerprint density at radius 2 is 2.00 bits per heavy atom. The van der Waals surface area contributed by atoms with E-state index in [1.54, 1.807) is 39.6 Å². The van der Waals surface area contributed by atoms with Gasteiger partial charge in [0.25, 0.3) is 5.91 Å². The number of rotatable bonds is 5. The largest absolute Gasteiger partial charge is 0.269 e. The summed E-state index contributed by atoms with van der Waals surface area (Å²) in [6.07, 6.45) is 4.98. The number of hydrogen-bond donors (Lipinski definition) is 0. The third kappa shape index (κ3) is 4.98. The lowest BCUT2D eigenvalue weighted by Crippen LogP contribution is -2.33. The number of amides is 1. The topological polar surface area (TPSA) is 63.4 Å². The molecule has 0 bridgehead atoms. The van der Waals surface area contributed by atoms with Gasteiger partial charge >= 0.3 is 0 Å². The second kappa shape index (κ2) is 9.28. The lowest BCUT2D eigenvalue weighted by molar-refractivity contribution is -0.113. The fraction of sp³-hybridized carbons (Fsp3) is 0.182. The van der Waals surface area contributed by atoms with E-state index in [0.29, 0.717) is 22.4 Å². The van der Waals surface area contributed by atoms with Crippen LogP contribution in [0.3, 0.4) is 0 Å². The Kier molecular flexibility index (Phi) is 6.30. The molecule has 1 aliphatic rings. The molecule has 0 aliphatic carbocycles. The summed E-state index contributed by atoms with van der Waals surface area (Å²) in [6, 6.07) is 17.4. The zero-order chi connectivity index (χ0) is 20.9. The molecular weight excluding hydrogens is 418 g/mol. The van der Waals surface area contributed by atoms with E-state index in [2.05, 4.69) is 15.3 Å². The standard InChI is InChI=1S/C22H20ClN5OS/c1-16-15-30-22(24-16)28(20-10-7-18(23)8-11-20)21(29)12-9-19-14-27(26-25-19)13-17-5-3-2-4-6-17/h2-12,14,16H,13,15H2,1H3. The van der Waals surface area contributed by atoms with Crippen LogP contribution in [0.5, 0.6) is 0 Å². The van der Waals surface area contributed by atoms with Crippen molar-refractivity contribution in [1.29, 1.82) is 0 Å². The fourth-order valence-corrected chi connectivity index (χ4v) is 4.14. The molecule has 4 rings (SSSR count). The number of halogens is 1. The van der Waals surface area contributed by atoms with Crippen molar-refractivity contribution in [2.24, 2.45) is 4.99 Å². The van der Waals surface area contributed by atoms with Gasteiger partial charge in [-0.1, -0.05) is 58.9 Å². The first kappa shape index (κ1) is 20.4. The lowest BCUT2D eigenvalue weighted by atomic mass is 10.2. The summed E-state index contributed by atoms with van der Waals surface area (Å²) in [5.74, 6) is 0.653. The molecule has 0 spiro atoms. The zero-order valence-corrected chi connectivity index (χ0v) is 17.9. The molecule has 1 amide bonds. The second-order valence-corrected chi connectivity index (χ2v) is 8.31. The van der Waals surface area contributed by atoms with Gasteiger partial charge in [-0.15, -0.1) is 5.10 Å². The molecule has 152 valence electrons. The van der Waals surface area contributed by atoms with Gasteiger partial charge in [0.1, 0.15) is 5.69 Å². The molecule has 0 saturated carbocycles. The zero-order valence-electron chi connectivity index (χ0n) is 16.4. The Balaban J connectivity index is 1.52. The van der Waals surface area contributed by atoms with Crippen molar-refractivity contribution < 1.29 is 4.79 Å². The van der Waals surface area contributed by atoms with Crippen LogP contribution in [0.4, 0.5) is 5.69 Å². The Labute approximate surface area is 184 Å². The fourth-order valence-electron chi connectivity index (χ4n) is 2.97. The maximum absolute atomic E-state index is 13.1. The van der Waals surface area contributed by atoms with Crippen molar-refractivity contribution in [3.05, 3.63) is 83.2 Å². The van der Waals surface area contributed by atoms with Gasteiger partial charge in [-0.3, -0.25) is 14.7 Å². The molecule has 2 aromatic carbocycles. The van der Waals surface area contributed by atoms with Crippen molar-refractivity contribution in [2.75, 3.05) is 10.7 Å². The molecular formula is C22H20ClN5OS. The molecule has 6 nitrogen and oxygen atoms in total. The maximum atomic E-state index is 13.1. The number of aromatic nitrogens is 3. The SMILES string of the molecule is CC1CSC(N(C(=O)C=Cc2cn(Cc3ccccc3)nn2)c2ccc(Cl)cc2)=N1. The number of aliphatic imine (C=N–C) groups is 1. The monoisotopic (exact) mass is 437 g/mol. The minimum Gasteiger partial charge on any atom is -0.269 e. The predicted molar refractivity (Wildman–Crippen MR) is 123 cm³/mol. The normalized spacial score (nSPS) is 16.1. The van der Waals surface area contributed by atoms with Crippen LogP contribution in [0.25, 0.3) is 6.08 Å². The Morgan fingerprint density at radius 3 is 2.70 bits per heavy atom. The summed E-state index contributed by atoms with van der Waals surface area (Å²) >= 11 is 7.58. The first-order valence-electron chi connectivity index (χ1n) is 9.51. The summed E-state index contributed by atoms with van der Waals surface area (Å²) < 4.78 is 1.75. The quantitative estimate of drug-likeness (QED) is 0.550. The van der Waals surface area contributed by atoms with Crippen molar-refractivity contribution in [3.63, 3.8) is 0 Å². The van der Waals surface area contributed by atoms with Gasteiger partial charge in [-0.2, -0.15) is 0 Å². The molecule has 0 N–H and O–H groups in total. The molecule has 30 heavy (non-hydrogen) atoms. The van der Waals surface area contributed by atoms with Gasteiger partial charge in [0.2, 0.25) is 0 Å². The molecule has 0 fully saturated rings. The van der Waals surface area contributed by atoms with E-state index in [9.17, 15) is 4.79 Å². The lowest BCUT2D eigenvalue weighted by Gasteiger charge is -2.20. The maximum Gasteiger partial charge on any atom is 0.257 e. The number of amidine groups is 1. The van der Waals surface area contributed by atoms with E-state index in [4.69, 9.17) is 11.6 Å². The molecule has 1 aliphatic heterocycles. The van der Waals surface area contributed by atoms with Gasteiger partial charge in [0.15, 0.2) is 5.17 Å². The summed E-state index contributed by atoms with van der Waals surface area (Å²) in [7, 11) is 0. The van der Waals surface area contributed by atoms with Gasteiger partial charge in [-0.25, -0.2) is 4.68 Å². The van der Waals surface area contributed by atoms with E-state index in [-0.39, 0.29) is 11.9 Å². The van der Waals surface area contributed by atoms with Crippen LogP contribution in [0.15, 0.2) is 71.9 Å². The Hall–Kier alpha value is -2.90. The number of anilines is 1. The van der Waals surface area contributed by atoms with Crippen LogP contribution < -0.4 is 4.90 Å². The second-order valence-electron chi connectivity index (χ2n) is 6.88. The van der Waals surface area contributed by atoms with Gasteiger partial charge in [-0.05, 0) is 42.8 Å². The van der Waals surface area contributed by atoms with Crippen LogP contribution >= 0.6 is 23.4 Å². The smallest absolute Gasteiger partial charge is 0.257 e. The van der Waals surface area contributed by atoms with Gasteiger partial charge in [0, 0.05) is 16.9 Å². The van der Waals surface area contributed by atoms with Crippen LogP contribution in [-0.4, -0.2) is 37.9 Å². The average Bonchev–Trinajstić information content (AvgIpc) is 3.38. The Bertz CT molecular complexity index is 1080. The molecule has 1 atom stereocenters. The van der Waals surface area contributed by atoms with Crippen LogP contribution in [0.2, 0.25) is 5.02 Å². The van der Waals surface area contributed by atoms with Crippen molar-refractivity contribution in [3.8, 4) is 0 Å². The highest BCUT2D eigenvalue weighted by atomic mass is 35.5. The highest BCUT2D eigenvalue weighted by Gasteiger charge is 2.25.